The second-order valence-corrected chi connectivity index (χ2v) is 6.85. The maximum Gasteiger partial charge on any atom is 0.315 e. The Morgan fingerprint density at radius 3 is 2.64 bits per heavy atom. The first-order chi connectivity index (χ1) is 10.4. The quantitative estimate of drug-likeness (QED) is 0.787. The van der Waals surface area contributed by atoms with Crippen LogP contribution in [0, 0.1) is 5.92 Å². The second kappa shape index (κ2) is 7.66. The van der Waals surface area contributed by atoms with Gasteiger partial charge in [-0.3, -0.25) is 9.69 Å². The van der Waals surface area contributed by atoms with Gasteiger partial charge in [0.1, 0.15) is 0 Å². The average molecular weight is 319 g/mol. The molecule has 0 radical (unpaired) electrons. The van der Waals surface area contributed by atoms with Gasteiger partial charge in [-0.25, -0.2) is 0 Å². The van der Waals surface area contributed by atoms with Gasteiger partial charge in [0.2, 0.25) is 0 Å². The molecule has 2 aliphatic rings. The van der Waals surface area contributed by atoms with Crippen LogP contribution in [-0.2, 0) is 9.53 Å². The van der Waals surface area contributed by atoms with Crippen molar-refractivity contribution in [2.45, 2.75) is 32.2 Å². The first-order valence-corrected chi connectivity index (χ1v) is 7.99. The SMILES string of the molecule is CC(C)(CN1CC[C@H](CNC(=O)C(F)F)C1)N1CCOCC1. The van der Waals surface area contributed by atoms with Crippen molar-refractivity contribution in [2.75, 3.05) is 52.5 Å². The minimum atomic E-state index is -2.92. The smallest absolute Gasteiger partial charge is 0.315 e. The number of alkyl halides is 2. The van der Waals surface area contributed by atoms with Crippen LogP contribution < -0.4 is 5.32 Å². The molecule has 1 amide bonds. The minimum Gasteiger partial charge on any atom is -0.379 e. The third-order valence-corrected chi connectivity index (χ3v) is 4.61. The summed E-state index contributed by atoms with van der Waals surface area (Å²) in [6.07, 6.45) is -1.97. The highest BCUT2D eigenvalue weighted by Crippen LogP contribution is 2.22. The van der Waals surface area contributed by atoms with Gasteiger partial charge in [-0.05, 0) is 32.7 Å². The molecule has 0 spiro atoms. The zero-order valence-corrected chi connectivity index (χ0v) is 13.5. The number of carbonyl (C=O) groups is 1. The molecule has 0 aromatic rings. The van der Waals surface area contributed by atoms with Crippen molar-refractivity contribution in [2.24, 2.45) is 5.92 Å². The third-order valence-electron chi connectivity index (χ3n) is 4.61. The van der Waals surface area contributed by atoms with Crippen LogP contribution in [0.25, 0.3) is 0 Å². The number of rotatable bonds is 6. The Kier molecular flexibility index (Phi) is 6.11. The van der Waals surface area contributed by atoms with Crippen molar-refractivity contribution in [1.82, 2.24) is 15.1 Å². The molecule has 2 saturated heterocycles. The molecule has 0 aromatic heterocycles. The number of nitrogens with one attached hydrogen (secondary N) is 1. The fourth-order valence-corrected chi connectivity index (χ4v) is 3.36. The van der Waals surface area contributed by atoms with Crippen LogP contribution in [0.3, 0.4) is 0 Å². The molecule has 1 atom stereocenters. The molecular weight excluding hydrogens is 292 g/mol. The molecule has 2 rings (SSSR count). The Labute approximate surface area is 131 Å². The Balaban J connectivity index is 1.74. The van der Waals surface area contributed by atoms with Gasteiger partial charge >= 0.3 is 6.43 Å². The molecule has 22 heavy (non-hydrogen) atoms. The number of ether oxygens (including phenoxy) is 1. The number of hydrogen-bond donors (Lipinski definition) is 1. The fraction of sp³-hybridized carbons (Fsp3) is 0.933. The molecule has 7 heteroatoms. The zero-order valence-electron chi connectivity index (χ0n) is 13.5. The summed E-state index contributed by atoms with van der Waals surface area (Å²) >= 11 is 0. The van der Waals surface area contributed by atoms with Crippen molar-refractivity contribution < 1.29 is 18.3 Å². The number of halogens is 2. The Morgan fingerprint density at radius 2 is 2.00 bits per heavy atom. The van der Waals surface area contributed by atoms with E-state index in [0.29, 0.717) is 6.54 Å². The summed E-state index contributed by atoms with van der Waals surface area (Å²) in [6, 6.07) is 0. The lowest BCUT2D eigenvalue weighted by atomic mass is 10.0. The summed E-state index contributed by atoms with van der Waals surface area (Å²) in [4.78, 5) is 15.7. The lowest BCUT2D eigenvalue weighted by Crippen LogP contribution is -2.55. The minimum absolute atomic E-state index is 0.0743. The molecule has 5 nitrogen and oxygen atoms in total. The Bertz CT molecular complexity index is 374. The van der Waals surface area contributed by atoms with Crippen LogP contribution in [0.4, 0.5) is 8.78 Å². The number of hydrogen-bond acceptors (Lipinski definition) is 4. The molecule has 128 valence electrons. The largest absolute Gasteiger partial charge is 0.379 e. The van der Waals surface area contributed by atoms with Gasteiger partial charge in [-0.15, -0.1) is 0 Å². The number of nitrogens with zero attached hydrogens (tertiary/aromatic N) is 2. The topological polar surface area (TPSA) is 44.8 Å². The van der Waals surface area contributed by atoms with Crippen LogP contribution in [0.5, 0.6) is 0 Å². The lowest BCUT2D eigenvalue weighted by molar-refractivity contribution is -0.131. The highest BCUT2D eigenvalue weighted by molar-refractivity contribution is 5.79. The molecular formula is C15H27F2N3O2. The first-order valence-electron chi connectivity index (χ1n) is 7.99. The van der Waals surface area contributed by atoms with Crippen LogP contribution in [0.2, 0.25) is 0 Å². The van der Waals surface area contributed by atoms with Crippen molar-refractivity contribution in [1.29, 1.82) is 0 Å². The Hall–Kier alpha value is -0.790. The summed E-state index contributed by atoms with van der Waals surface area (Å²) in [6.45, 7) is 11.1. The summed E-state index contributed by atoms with van der Waals surface area (Å²) in [5.41, 5.74) is 0.0743. The van der Waals surface area contributed by atoms with E-state index < -0.39 is 12.3 Å². The monoisotopic (exact) mass is 319 g/mol. The van der Waals surface area contributed by atoms with Crippen LogP contribution >= 0.6 is 0 Å². The number of carbonyl (C=O) groups excluding carboxylic acids is 1. The predicted octanol–water partition coefficient (Wildman–Crippen LogP) is 0.800. The van der Waals surface area contributed by atoms with E-state index in [2.05, 4.69) is 29.0 Å². The molecule has 1 N–H and O–H groups in total. The zero-order chi connectivity index (χ0) is 16.2. The van der Waals surface area contributed by atoms with Crippen molar-refractivity contribution in [3.63, 3.8) is 0 Å². The van der Waals surface area contributed by atoms with Crippen molar-refractivity contribution in [3.05, 3.63) is 0 Å². The Morgan fingerprint density at radius 1 is 1.32 bits per heavy atom. The third kappa shape index (κ3) is 4.86. The summed E-state index contributed by atoms with van der Waals surface area (Å²) < 4.78 is 29.7. The van der Waals surface area contributed by atoms with E-state index in [1.165, 1.54) is 0 Å². The summed E-state index contributed by atoms with van der Waals surface area (Å²) in [5, 5.41) is 2.33. The number of likely N-dealkylation sites (tertiary alicyclic amines) is 1. The van der Waals surface area contributed by atoms with Crippen LogP contribution in [0.15, 0.2) is 0 Å². The van der Waals surface area contributed by atoms with E-state index in [1.54, 1.807) is 0 Å². The van der Waals surface area contributed by atoms with Gasteiger partial charge in [0, 0.05) is 38.3 Å². The molecule has 2 aliphatic heterocycles. The highest BCUT2D eigenvalue weighted by atomic mass is 19.3. The van der Waals surface area contributed by atoms with Gasteiger partial charge in [-0.2, -0.15) is 8.78 Å². The van der Waals surface area contributed by atoms with Crippen molar-refractivity contribution in [3.8, 4) is 0 Å². The van der Waals surface area contributed by atoms with E-state index in [1.807, 2.05) is 0 Å². The average Bonchev–Trinajstić information content (AvgIpc) is 2.92. The normalized spacial score (nSPS) is 24.9. The number of amides is 1. The van der Waals surface area contributed by atoms with Gasteiger partial charge in [0.05, 0.1) is 13.2 Å². The molecule has 0 saturated carbocycles. The summed E-state index contributed by atoms with van der Waals surface area (Å²) in [5.74, 6) is -0.893. The van der Waals surface area contributed by atoms with E-state index in [9.17, 15) is 13.6 Å². The lowest BCUT2D eigenvalue weighted by Gasteiger charge is -2.43. The molecule has 0 aliphatic carbocycles. The van der Waals surface area contributed by atoms with Crippen LogP contribution in [0.1, 0.15) is 20.3 Å². The van der Waals surface area contributed by atoms with E-state index in [0.717, 1.165) is 52.4 Å². The predicted molar refractivity (Wildman–Crippen MR) is 80.0 cm³/mol. The summed E-state index contributed by atoms with van der Waals surface area (Å²) in [7, 11) is 0. The molecule has 2 fully saturated rings. The molecule has 2 heterocycles. The van der Waals surface area contributed by atoms with E-state index >= 15 is 0 Å². The number of morpholine rings is 1. The van der Waals surface area contributed by atoms with Gasteiger partial charge in [0.15, 0.2) is 0 Å². The maximum absolute atomic E-state index is 12.2. The van der Waals surface area contributed by atoms with Crippen LogP contribution in [-0.4, -0.2) is 80.2 Å². The first kappa shape index (κ1) is 17.6. The van der Waals surface area contributed by atoms with Gasteiger partial charge in [-0.1, -0.05) is 0 Å². The van der Waals surface area contributed by atoms with Gasteiger partial charge in [0.25, 0.3) is 5.91 Å². The van der Waals surface area contributed by atoms with Gasteiger partial charge < -0.3 is 15.0 Å². The standard InChI is InChI=1S/C15H27F2N3O2/c1-15(2,20-5-7-22-8-6-20)11-19-4-3-12(10-19)9-18-14(21)13(16)17/h12-13H,3-11H2,1-2H3,(H,18,21)/t12-/m1/s1. The second-order valence-electron chi connectivity index (χ2n) is 6.85. The van der Waals surface area contributed by atoms with E-state index in [-0.39, 0.29) is 11.5 Å². The fourth-order valence-electron chi connectivity index (χ4n) is 3.36. The molecule has 0 unspecified atom stereocenters. The molecule has 0 aromatic carbocycles. The molecule has 0 bridgehead atoms. The highest BCUT2D eigenvalue weighted by Gasteiger charge is 2.33. The maximum atomic E-state index is 12.2. The van der Waals surface area contributed by atoms with Crippen molar-refractivity contribution >= 4 is 5.91 Å². The van der Waals surface area contributed by atoms with E-state index in [4.69, 9.17) is 4.74 Å².